The molecule has 7 nitrogen and oxygen atoms in total. The molecule has 7 heteroatoms. The quantitative estimate of drug-likeness (QED) is 0.118. The van der Waals surface area contributed by atoms with Crippen molar-refractivity contribution in [3.05, 3.63) is 291 Å². The van der Waals surface area contributed by atoms with E-state index in [-0.39, 0.29) is 23.1 Å². The molecule has 0 bridgehead atoms. The van der Waals surface area contributed by atoms with E-state index in [9.17, 15) is 2.74 Å². The molecule has 18 rings (SSSR count). The minimum absolute atomic E-state index is 0.0850. The maximum atomic E-state index is 9.52. The Hall–Kier alpha value is -11.5. The Balaban J connectivity index is 0.928. The van der Waals surface area contributed by atoms with Crippen LogP contribution in [-0.2, 0) is 5.41 Å². The van der Waals surface area contributed by atoms with Gasteiger partial charge in [-0.15, -0.1) is 0 Å². The number of pyridine rings is 1. The van der Waals surface area contributed by atoms with E-state index in [1.165, 1.54) is 5.56 Å². The van der Waals surface area contributed by atoms with Crippen molar-refractivity contribution in [3.8, 4) is 90.0 Å². The average Bonchev–Trinajstić information content (AvgIpc) is 1.52. The number of furan rings is 1. The van der Waals surface area contributed by atoms with Gasteiger partial charge in [-0.25, -0.2) is 4.98 Å². The highest BCUT2D eigenvalue weighted by atomic mass is 16.5. The molecule has 420 valence electrons. The second kappa shape index (κ2) is 19.5. The molecule has 5 aromatic heterocycles. The Kier molecular flexibility index (Phi) is 10.0. The number of benzene rings is 12. The zero-order chi connectivity index (χ0) is 63.4. The molecule has 0 spiro atoms. The number of rotatable bonds is 7. The van der Waals surface area contributed by atoms with Crippen LogP contribution >= 0.6 is 0 Å². The van der Waals surface area contributed by atoms with Crippen LogP contribution in [0.5, 0.6) is 11.5 Å². The van der Waals surface area contributed by atoms with Crippen molar-refractivity contribution in [2.75, 3.05) is 0 Å². The normalized spacial score (nSPS) is 13.0. The maximum Gasteiger partial charge on any atom is 0.269 e. The minimum atomic E-state index is -0.450. The van der Waals surface area contributed by atoms with Crippen LogP contribution in [0.4, 0.5) is 0 Å². The Morgan fingerprint density at radius 1 is 0.438 bits per heavy atom. The van der Waals surface area contributed by atoms with Gasteiger partial charge >= 0.3 is 0 Å². The first-order chi connectivity index (χ1) is 45.8. The third-order valence-electron chi connectivity index (χ3n) is 17.9. The van der Waals surface area contributed by atoms with Gasteiger partial charge in [0.25, 0.3) is 6.33 Å². The molecule has 0 atom stereocenters. The van der Waals surface area contributed by atoms with Crippen LogP contribution in [0.25, 0.3) is 155 Å². The van der Waals surface area contributed by atoms with Crippen LogP contribution in [0, 0.1) is 6.33 Å². The summed E-state index contributed by atoms with van der Waals surface area (Å²) in [4.78, 5) is 4.96. The van der Waals surface area contributed by atoms with Crippen molar-refractivity contribution < 1.29 is 20.6 Å². The molecule has 0 N–H and O–H groups in total. The lowest BCUT2D eigenvalue weighted by atomic mass is 9.83. The Bertz CT molecular complexity index is 6020. The molecule has 1 aliphatic rings. The van der Waals surface area contributed by atoms with Gasteiger partial charge in [-0.05, 0) is 158 Å². The number of imidazole rings is 1. The number of hydrogen-bond donors (Lipinski definition) is 0. The molecule has 89 heavy (non-hydrogen) atoms. The van der Waals surface area contributed by atoms with Gasteiger partial charge in [0.15, 0.2) is 0 Å². The summed E-state index contributed by atoms with van der Waals surface area (Å²) in [6, 6.07) is 82.1. The van der Waals surface area contributed by atoms with Crippen molar-refractivity contribution >= 4 is 76.6 Å². The highest BCUT2D eigenvalue weighted by Crippen LogP contribution is 2.50. The molecule has 0 fully saturated rings. The van der Waals surface area contributed by atoms with Gasteiger partial charge in [0, 0.05) is 50.3 Å². The fourth-order valence-corrected chi connectivity index (χ4v) is 13.9. The van der Waals surface area contributed by atoms with Crippen molar-refractivity contribution in [1.82, 2.24) is 18.7 Å². The number of para-hydroxylation sites is 5. The van der Waals surface area contributed by atoms with E-state index in [1.54, 1.807) is 0 Å². The molecule has 0 unspecified atom stereocenters. The lowest BCUT2D eigenvalue weighted by Crippen LogP contribution is -2.32. The van der Waals surface area contributed by atoms with Gasteiger partial charge in [0.2, 0.25) is 0 Å². The van der Waals surface area contributed by atoms with Crippen molar-refractivity contribution in [2.24, 2.45) is 0 Å². The number of fused-ring (bicyclic) bond motifs is 16. The highest BCUT2D eigenvalue weighted by molar-refractivity contribution is 6.12. The fourth-order valence-electron chi connectivity index (χ4n) is 13.9. The summed E-state index contributed by atoms with van der Waals surface area (Å²) in [5.41, 5.74) is 18.3. The predicted octanol–water partition coefficient (Wildman–Crippen LogP) is 20.9. The number of aromatic nitrogens is 5. The average molecular weight is 1150 g/mol. The summed E-state index contributed by atoms with van der Waals surface area (Å²) in [6.07, 6.45) is 5.95. The van der Waals surface area contributed by atoms with Crippen LogP contribution < -0.4 is 9.30 Å². The smallest absolute Gasteiger partial charge is 0.269 e. The monoisotopic (exact) mass is 1150 g/mol. The van der Waals surface area contributed by atoms with E-state index in [4.69, 9.17) is 18.3 Å². The molecule has 17 aromatic rings. The van der Waals surface area contributed by atoms with Crippen molar-refractivity contribution in [3.63, 3.8) is 0 Å². The molecule has 0 saturated carbocycles. The second-order valence-corrected chi connectivity index (χ2v) is 24.1. The topological polar surface area (TPSA) is 53.9 Å². The third kappa shape index (κ3) is 7.91. The number of hydrogen-bond acceptors (Lipinski definition) is 3. The summed E-state index contributed by atoms with van der Waals surface area (Å²) in [5.74, 6) is 2.12. The molecule has 12 aromatic carbocycles. The van der Waals surface area contributed by atoms with Crippen LogP contribution in [0.2, 0.25) is 0 Å². The van der Waals surface area contributed by atoms with E-state index in [2.05, 4.69) is 221 Å². The largest absolute Gasteiger partial charge is 0.458 e. The zero-order valence-electron chi connectivity index (χ0n) is 53.7. The first kappa shape index (κ1) is 45.8. The zero-order valence-corrected chi connectivity index (χ0v) is 48.7. The van der Waals surface area contributed by atoms with Crippen LogP contribution in [0.3, 0.4) is 0 Å². The van der Waals surface area contributed by atoms with Gasteiger partial charge in [-0.1, -0.05) is 197 Å². The lowest BCUT2D eigenvalue weighted by Gasteiger charge is -2.21. The molecule has 6 heterocycles. The van der Waals surface area contributed by atoms with Gasteiger partial charge in [-0.3, -0.25) is 13.7 Å². The Morgan fingerprint density at radius 3 is 1.84 bits per heavy atom. The second-order valence-electron chi connectivity index (χ2n) is 24.1. The van der Waals surface area contributed by atoms with Gasteiger partial charge in [0.05, 0.1) is 51.3 Å². The summed E-state index contributed by atoms with van der Waals surface area (Å²) >= 11 is 0. The summed E-state index contributed by atoms with van der Waals surface area (Å²) in [6.45, 7) is 6.67. The maximum absolute atomic E-state index is 9.52. The predicted molar refractivity (Wildman–Crippen MR) is 363 cm³/mol. The molecule has 0 aliphatic carbocycles. The standard InChI is InChI=1S/C82H55N5O2/c1-82(2,3)53-42-43-83-78(45-53)87-73-36-15-11-27-63(73)64-40-39-57(49-74(64)87)88-56-23-17-22-54(46-56)84-50-85-80-59(52-38-41-77-69(44-52)65-28-12-16-37-76(65)89-77)31-19-33-68(80)67-32-18-30-58(51-20-5-4-6-21-51)79(67)66-29-8-7-24-60(66)70-47-55(48-75(84)81(70)85)86-71-34-13-9-25-61(71)62-26-10-14-35-72(62)86/h4-49H,1-3H3/i4D,5D,6D,20D,21D. The SMILES string of the molecule is [2H]c1c([2H])c([2H])c(-c2cccc3c2-c2ccccc2-c2cc(-n4c5ccccc5c5ccccc54)cc4c2[n+]([c-]n4-c2cccc(Oc4ccc5c6ccccc6n(-c6cc(C(C)(C)C)ccn6)c5c4)c2)-c2c(-c4ccc5oc6ccccc6c5c4)cccc2-3)c([2H])c1[2H]. The van der Waals surface area contributed by atoms with Crippen LogP contribution in [-0.4, -0.2) is 18.7 Å². The number of ether oxygens (including phenoxy) is 1. The molecule has 0 amide bonds. The Labute approximate surface area is 520 Å². The third-order valence-corrected chi connectivity index (χ3v) is 17.9. The van der Waals surface area contributed by atoms with Crippen molar-refractivity contribution in [1.29, 1.82) is 0 Å². The summed E-state index contributed by atoms with van der Waals surface area (Å²) in [7, 11) is 0. The first-order valence-electron chi connectivity index (χ1n) is 32.5. The molecular weight excluding hydrogens is 1090 g/mol. The highest BCUT2D eigenvalue weighted by Gasteiger charge is 2.30. The fraction of sp³-hybridized carbons (Fsp3) is 0.0488. The molecule has 0 saturated heterocycles. The first-order valence-corrected chi connectivity index (χ1v) is 30.0. The molecular formula is C82H55N5O2. The molecule has 0 radical (unpaired) electrons. The van der Waals surface area contributed by atoms with Gasteiger partial charge < -0.3 is 13.7 Å². The van der Waals surface area contributed by atoms with Gasteiger partial charge in [-0.2, -0.15) is 0 Å². The van der Waals surface area contributed by atoms with E-state index in [0.717, 1.165) is 144 Å². The van der Waals surface area contributed by atoms with Crippen LogP contribution in [0.1, 0.15) is 33.2 Å². The summed E-state index contributed by atoms with van der Waals surface area (Å²) in [5, 5.41) is 6.42. The van der Waals surface area contributed by atoms with Crippen LogP contribution in [0.15, 0.2) is 283 Å². The number of nitrogens with zero attached hydrogens (tertiary/aromatic N) is 5. The minimum Gasteiger partial charge on any atom is -0.458 e. The van der Waals surface area contributed by atoms with E-state index >= 15 is 0 Å². The van der Waals surface area contributed by atoms with Crippen molar-refractivity contribution in [2.45, 2.75) is 26.2 Å². The van der Waals surface area contributed by atoms with Gasteiger partial charge in [0.1, 0.15) is 28.5 Å². The Morgan fingerprint density at radius 2 is 1.07 bits per heavy atom. The molecule has 1 aliphatic heterocycles. The van der Waals surface area contributed by atoms with E-state index < -0.39 is 18.1 Å². The summed E-state index contributed by atoms with van der Waals surface area (Å²) < 4.78 is 68.2. The lowest BCUT2D eigenvalue weighted by molar-refractivity contribution is -0.570. The van der Waals surface area contributed by atoms with E-state index in [1.807, 2.05) is 72.9 Å². The van der Waals surface area contributed by atoms with E-state index in [0.29, 0.717) is 17.1 Å².